The minimum atomic E-state index is -0.389. The van der Waals surface area contributed by atoms with Gasteiger partial charge in [-0.05, 0) is 75.4 Å². The van der Waals surface area contributed by atoms with Crippen LogP contribution in [-0.4, -0.2) is 23.2 Å². The zero-order chi connectivity index (χ0) is 20.3. The normalized spacial score (nSPS) is 16.8. The zero-order valence-electron chi connectivity index (χ0n) is 17.0. The molecule has 1 aromatic carbocycles. The van der Waals surface area contributed by atoms with Crippen molar-refractivity contribution in [3.8, 4) is 6.07 Å². The summed E-state index contributed by atoms with van der Waals surface area (Å²) in [5.41, 5.74) is 5.88. The maximum absolute atomic E-state index is 12.7. The molecule has 1 N–H and O–H groups in total. The van der Waals surface area contributed by atoms with E-state index in [9.17, 15) is 10.1 Å². The molecule has 1 fully saturated rings. The molecule has 146 valence electrons. The number of nitriles is 1. The van der Waals surface area contributed by atoms with Gasteiger partial charge in [-0.2, -0.15) is 5.26 Å². The van der Waals surface area contributed by atoms with Crippen molar-refractivity contribution in [1.29, 1.82) is 5.26 Å². The van der Waals surface area contributed by atoms with Gasteiger partial charge in [-0.15, -0.1) is 0 Å². The number of rotatable bonds is 5. The molecule has 1 atom stereocenters. The second-order valence-corrected chi connectivity index (χ2v) is 7.51. The molecule has 28 heavy (non-hydrogen) atoms. The average molecular weight is 377 g/mol. The van der Waals surface area contributed by atoms with E-state index >= 15 is 0 Å². The molecular weight excluding hydrogens is 350 g/mol. The van der Waals surface area contributed by atoms with Gasteiger partial charge in [-0.1, -0.05) is 12.1 Å². The summed E-state index contributed by atoms with van der Waals surface area (Å²) in [4.78, 5) is 12.7. The Bertz CT molecular complexity index is 957. The van der Waals surface area contributed by atoms with Crippen molar-refractivity contribution < 1.29 is 9.53 Å². The van der Waals surface area contributed by atoms with Crippen LogP contribution in [0.2, 0.25) is 0 Å². The van der Waals surface area contributed by atoms with Crippen molar-refractivity contribution in [3.63, 3.8) is 0 Å². The Morgan fingerprint density at radius 3 is 2.79 bits per heavy atom. The van der Waals surface area contributed by atoms with Gasteiger partial charge >= 0.3 is 0 Å². The minimum Gasteiger partial charge on any atom is -0.376 e. The van der Waals surface area contributed by atoms with Crippen LogP contribution in [0.25, 0.3) is 6.08 Å². The summed E-state index contributed by atoms with van der Waals surface area (Å²) in [5.74, 6) is -0.389. The Kier molecular flexibility index (Phi) is 6.01. The molecule has 0 spiro atoms. The number of nitrogens with zero attached hydrogens (tertiary/aromatic N) is 2. The van der Waals surface area contributed by atoms with E-state index in [1.165, 1.54) is 0 Å². The maximum atomic E-state index is 12.7. The van der Waals surface area contributed by atoms with Gasteiger partial charge in [0.1, 0.15) is 11.6 Å². The molecule has 0 radical (unpaired) electrons. The predicted octanol–water partition coefficient (Wildman–Crippen LogP) is 4.45. The zero-order valence-corrected chi connectivity index (χ0v) is 17.0. The van der Waals surface area contributed by atoms with Gasteiger partial charge in [-0.3, -0.25) is 4.79 Å². The second-order valence-electron chi connectivity index (χ2n) is 7.51. The molecule has 2 heterocycles. The molecule has 5 nitrogen and oxygen atoms in total. The van der Waals surface area contributed by atoms with Gasteiger partial charge in [0.2, 0.25) is 0 Å². The summed E-state index contributed by atoms with van der Waals surface area (Å²) >= 11 is 0. The SMILES string of the molecule is Cc1ccc(C)c(NC(=O)/C(C#N)=C/c2cc(C)n(C[C@H]3CCCO3)c2C)c1. The van der Waals surface area contributed by atoms with Crippen LogP contribution in [0.15, 0.2) is 29.8 Å². The Hall–Kier alpha value is -2.84. The van der Waals surface area contributed by atoms with E-state index in [1.807, 2.05) is 58.0 Å². The fourth-order valence-electron chi connectivity index (χ4n) is 3.61. The van der Waals surface area contributed by atoms with Crippen molar-refractivity contribution in [2.45, 2.75) is 53.2 Å². The lowest BCUT2D eigenvalue weighted by molar-refractivity contribution is -0.112. The van der Waals surface area contributed by atoms with E-state index in [2.05, 4.69) is 9.88 Å². The number of carbonyl (C=O) groups is 1. The Morgan fingerprint density at radius 2 is 2.11 bits per heavy atom. The maximum Gasteiger partial charge on any atom is 0.266 e. The number of aromatic nitrogens is 1. The van der Waals surface area contributed by atoms with Gasteiger partial charge in [0.05, 0.1) is 6.10 Å². The van der Waals surface area contributed by atoms with Crippen molar-refractivity contribution in [3.05, 3.63) is 57.9 Å². The molecule has 1 aromatic heterocycles. The molecule has 1 amide bonds. The molecule has 1 aliphatic heterocycles. The van der Waals surface area contributed by atoms with E-state index in [0.29, 0.717) is 0 Å². The fourth-order valence-corrected chi connectivity index (χ4v) is 3.61. The summed E-state index contributed by atoms with van der Waals surface area (Å²) < 4.78 is 7.96. The monoisotopic (exact) mass is 377 g/mol. The molecule has 1 saturated heterocycles. The number of hydrogen-bond donors (Lipinski definition) is 1. The molecule has 1 aliphatic rings. The predicted molar refractivity (Wildman–Crippen MR) is 111 cm³/mol. The highest BCUT2D eigenvalue weighted by Gasteiger charge is 2.19. The van der Waals surface area contributed by atoms with Crippen LogP contribution in [0.3, 0.4) is 0 Å². The first-order chi connectivity index (χ1) is 13.4. The summed E-state index contributed by atoms with van der Waals surface area (Å²) in [6.07, 6.45) is 4.09. The van der Waals surface area contributed by atoms with Crippen LogP contribution in [0, 0.1) is 39.0 Å². The number of benzene rings is 1. The Morgan fingerprint density at radius 1 is 1.32 bits per heavy atom. The Labute approximate surface area is 166 Å². The van der Waals surface area contributed by atoms with Crippen molar-refractivity contribution in [1.82, 2.24) is 4.57 Å². The van der Waals surface area contributed by atoms with Crippen molar-refractivity contribution in [2.24, 2.45) is 0 Å². The summed E-state index contributed by atoms with van der Waals surface area (Å²) in [5, 5.41) is 12.4. The highest BCUT2D eigenvalue weighted by Crippen LogP contribution is 2.23. The lowest BCUT2D eigenvalue weighted by atomic mass is 10.1. The summed E-state index contributed by atoms with van der Waals surface area (Å²) in [6.45, 7) is 9.60. The van der Waals surface area contributed by atoms with Crippen LogP contribution in [0.1, 0.15) is 40.9 Å². The number of amides is 1. The second kappa shape index (κ2) is 8.45. The first-order valence-corrected chi connectivity index (χ1v) is 9.67. The van der Waals surface area contributed by atoms with Gasteiger partial charge in [0.15, 0.2) is 0 Å². The lowest BCUT2D eigenvalue weighted by Gasteiger charge is -2.14. The number of carbonyl (C=O) groups excluding carboxylic acids is 1. The number of anilines is 1. The largest absolute Gasteiger partial charge is 0.376 e. The van der Waals surface area contributed by atoms with Gasteiger partial charge in [0.25, 0.3) is 5.91 Å². The van der Waals surface area contributed by atoms with Crippen LogP contribution >= 0.6 is 0 Å². The third-order valence-corrected chi connectivity index (χ3v) is 5.33. The topological polar surface area (TPSA) is 67.0 Å². The highest BCUT2D eigenvalue weighted by molar-refractivity contribution is 6.10. The number of aryl methyl sites for hydroxylation is 3. The molecule has 0 bridgehead atoms. The van der Waals surface area contributed by atoms with Crippen LogP contribution in [0.5, 0.6) is 0 Å². The minimum absolute atomic E-state index is 0.0956. The first-order valence-electron chi connectivity index (χ1n) is 9.67. The van der Waals surface area contributed by atoms with E-state index < -0.39 is 0 Å². The molecule has 2 aromatic rings. The number of nitrogens with one attached hydrogen (secondary N) is 1. The Balaban J connectivity index is 1.83. The third kappa shape index (κ3) is 4.35. The molecule has 0 unspecified atom stereocenters. The van der Waals surface area contributed by atoms with E-state index in [4.69, 9.17) is 4.74 Å². The third-order valence-electron chi connectivity index (χ3n) is 5.33. The molecular formula is C23H27N3O2. The van der Waals surface area contributed by atoms with E-state index in [0.717, 1.165) is 59.8 Å². The van der Waals surface area contributed by atoms with Crippen molar-refractivity contribution in [2.75, 3.05) is 11.9 Å². The van der Waals surface area contributed by atoms with E-state index in [-0.39, 0.29) is 17.6 Å². The van der Waals surface area contributed by atoms with Gasteiger partial charge in [0, 0.05) is 30.2 Å². The number of ether oxygens (including phenoxy) is 1. The van der Waals surface area contributed by atoms with Crippen LogP contribution in [-0.2, 0) is 16.1 Å². The quantitative estimate of drug-likeness (QED) is 0.618. The van der Waals surface area contributed by atoms with Crippen molar-refractivity contribution >= 4 is 17.7 Å². The summed E-state index contributed by atoms with van der Waals surface area (Å²) in [7, 11) is 0. The smallest absolute Gasteiger partial charge is 0.266 e. The first kappa shape index (κ1) is 19.9. The number of hydrogen-bond acceptors (Lipinski definition) is 3. The van der Waals surface area contributed by atoms with E-state index in [1.54, 1.807) is 6.08 Å². The lowest BCUT2D eigenvalue weighted by Crippen LogP contribution is -2.17. The molecule has 3 rings (SSSR count). The summed E-state index contributed by atoms with van der Waals surface area (Å²) in [6, 6.07) is 9.93. The fraction of sp³-hybridized carbons (Fsp3) is 0.391. The molecule has 0 aliphatic carbocycles. The van der Waals surface area contributed by atoms with Crippen LogP contribution in [0.4, 0.5) is 5.69 Å². The standard InChI is InChI=1S/C23H27N3O2/c1-15-7-8-16(2)22(10-15)25-23(27)20(13-24)12-19-11-17(3)26(18(19)4)14-21-6-5-9-28-21/h7-8,10-12,21H,5-6,9,14H2,1-4H3,(H,25,27)/b20-12+/t21-/m1/s1. The molecule has 5 heteroatoms. The highest BCUT2D eigenvalue weighted by atomic mass is 16.5. The molecule has 0 saturated carbocycles. The van der Waals surface area contributed by atoms with Crippen LogP contribution < -0.4 is 5.32 Å². The van der Waals surface area contributed by atoms with Gasteiger partial charge in [-0.25, -0.2) is 0 Å². The average Bonchev–Trinajstić information content (AvgIpc) is 3.26. The van der Waals surface area contributed by atoms with Gasteiger partial charge < -0.3 is 14.6 Å².